The van der Waals surface area contributed by atoms with Gasteiger partial charge in [-0.25, -0.2) is 9.48 Å². The Balaban J connectivity index is 2.07. The molecule has 23 heavy (non-hydrogen) atoms. The van der Waals surface area contributed by atoms with E-state index in [4.69, 9.17) is 5.11 Å². The molecule has 0 spiro atoms. The molecule has 1 aliphatic carbocycles. The molecule has 0 saturated heterocycles. The summed E-state index contributed by atoms with van der Waals surface area (Å²) in [5.74, 6) is -1.44. The topological polar surface area (TPSA) is 101 Å². The number of hydrogen-bond donors (Lipinski definition) is 2. The zero-order valence-corrected chi connectivity index (χ0v) is 13.5. The van der Waals surface area contributed by atoms with Gasteiger partial charge in [-0.1, -0.05) is 13.8 Å². The van der Waals surface area contributed by atoms with Crippen LogP contribution in [-0.4, -0.2) is 32.8 Å². The van der Waals surface area contributed by atoms with Crippen LogP contribution in [0, 0.1) is 5.92 Å². The first-order valence-electron chi connectivity index (χ1n) is 7.99. The average Bonchev–Trinajstić information content (AvgIpc) is 2.46. The molecule has 0 saturated carbocycles. The lowest BCUT2D eigenvalue weighted by atomic mass is 9.97. The maximum Gasteiger partial charge on any atom is 0.326 e. The Morgan fingerprint density at radius 1 is 1.35 bits per heavy atom. The molecule has 1 aromatic rings. The number of rotatable bonds is 6. The Hall–Kier alpha value is -2.18. The number of hydrogen-bond acceptors (Lipinski definition) is 4. The van der Waals surface area contributed by atoms with Crippen molar-refractivity contribution < 1.29 is 14.7 Å². The molecule has 0 aliphatic heterocycles. The number of aliphatic carboxylic acids is 1. The van der Waals surface area contributed by atoms with Gasteiger partial charge in [0.15, 0.2) is 0 Å². The minimum Gasteiger partial charge on any atom is -0.480 e. The predicted molar refractivity (Wildman–Crippen MR) is 84.2 cm³/mol. The third kappa shape index (κ3) is 4.64. The van der Waals surface area contributed by atoms with E-state index in [2.05, 4.69) is 10.4 Å². The van der Waals surface area contributed by atoms with E-state index in [1.54, 1.807) is 0 Å². The van der Waals surface area contributed by atoms with Gasteiger partial charge in [-0.05, 0) is 43.6 Å². The molecule has 0 unspecified atom stereocenters. The highest BCUT2D eigenvalue weighted by Gasteiger charge is 2.22. The van der Waals surface area contributed by atoms with Crippen LogP contribution in [0.3, 0.4) is 0 Å². The van der Waals surface area contributed by atoms with Crippen LogP contribution in [0.4, 0.5) is 0 Å². The highest BCUT2D eigenvalue weighted by Crippen LogP contribution is 2.16. The molecule has 7 nitrogen and oxygen atoms in total. The fourth-order valence-electron chi connectivity index (χ4n) is 2.78. The number of carboxylic acids is 1. The summed E-state index contributed by atoms with van der Waals surface area (Å²) in [5.41, 5.74) is 1.50. The Labute approximate surface area is 134 Å². The third-order valence-corrected chi connectivity index (χ3v) is 3.91. The van der Waals surface area contributed by atoms with E-state index in [1.807, 2.05) is 13.8 Å². The van der Waals surface area contributed by atoms with Crippen molar-refractivity contribution in [3.8, 4) is 0 Å². The second-order valence-corrected chi connectivity index (χ2v) is 6.41. The van der Waals surface area contributed by atoms with E-state index in [0.717, 1.165) is 41.6 Å². The number of aryl methyl sites for hydroxylation is 2. The van der Waals surface area contributed by atoms with E-state index >= 15 is 0 Å². The first-order chi connectivity index (χ1) is 10.9. The number of carbonyl (C=O) groups is 2. The second-order valence-electron chi connectivity index (χ2n) is 6.41. The number of aromatic nitrogens is 2. The number of amides is 1. The molecule has 0 bridgehead atoms. The van der Waals surface area contributed by atoms with Crippen molar-refractivity contribution in [2.45, 2.75) is 58.5 Å². The van der Waals surface area contributed by atoms with Gasteiger partial charge in [-0.3, -0.25) is 9.59 Å². The summed E-state index contributed by atoms with van der Waals surface area (Å²) in [7, 11) is 0. The van der Waals surface area contributed by atoms with Gasteiger partial charge in [0, 0.05) is 6.07 Å². The van der Waals surface area contributed by atoms with E-state index in [-0.39, 0.29) is 18.0 Å². The van der Waals surface area contributed by atoms with Gasteiger partial charge >= 0.3 is 5.97 Å². The van der Waals surface area contributed by atoms with Crippen molar-refractivity contribution in [1.82, 2.24) is 15.1 Å². The number of carbonyl (C=O) groups excluding carboxylic acids is 1. The quantitative estimate of drug-likeness (QED) is 0.804. The van der Waals surface area contributed by atoms with Gasteiger partial charge < -0.3 is 10.4 Å². The Kier molecular flexibility index (Phi) is 5.52. The molecule has 0 aromatic carbocycles. The molecule has 2 N–H and O–H groups in total. The summed E-state index contributed by atoms with van der Waals surface area (Å²) in [4.78, 5) is 35.3. The number of nitrogens with zero attached hydrogens (tertiary/aromatic N) is 2. The van der Waals surface area contributed by atoms with Crippen LogP contribution in [0.15, 0.2) is 10.9 Å². The summed E-state index contributed by atoms with van der Waals surface area (Å²) in [6.45, 7) is 3.52. The fourth-order valence-corrected chi connectivity index (χ4v) is 2.78. The highest BCUT2D eigenvalue weighted by molar-refractivity contribution is 5.83. The Morgan fingerprint density at radius 3 is 2.70 bits per heavy atom. The van der Waals surface area contributed by atoms with Crippen molar-refractivity contribution in [2.24, 2.45) is 5.92 Å². The monoisotopic (exact) mass is 321 g/mol. The molecule has 7 heteroatoms. The minimum atomic E-state index is -1.07. The number of nitrogens with one attached hydrogen (secondary N) is 1. The van der Waals surface area contributed by atoms with Gasteiger partial charge in [-0.2, -0.15) is 5.10 Å². The third-order valence-electron chi connectivity index (χ3n) is 3.91. The van der Waals surface area contributed by atoms with Crippen LogP contribution < -0.4 is 10.9 Å². The van der Waals surface area contributed by atoms with Crippen molar-refractivity contribution in [2.75, 3.05) is 0 Å². The van der Waals surface area contributed by atoms with Gasteiger partial charge in [0.1, 0.15) is 12.6 Å². The lowest BCUT2D eigenvalue weighted by Crippen LogP contribution is -2.44. The molecule has 1 heterocycles. The van der Waals surface area contributed by atoms with Crippen LogP contribution >= 0.6 is 0 Å². The lowest BCUT2D eigenvalue weighted by Gasteiger charge is -2.18. The molecule has 1 aromatic heterocycles. The maximum atomic E-state index is 12.1. The smallest absolute Gasteiger partial charge is 0.326 e. The Morgan fingerprint density at radius 2 is 2.04 bits per heavy atom. The van der Waals surface area contributed by atoms with E-state index in [9.17, 15) is 14.4 Å². The van der Waals surface area contributed by atoms with E-state index < -0.39 is 17.9 Å². The second kappa shape index (κ2) is 7.39. The van der Waals surface area contributed by atoms with Gasteiger partial charge in [0.2, 0.25) is 5.91 Å². The predicted octanol–water partition coefficient (Wildman–Crippen LogP) is 0.738. The number of carboxylic acid groups (broad SMARTS) is 1. The summed E-state index contributed by atoms with van der Waals surface area (Å²) < 4.78 is 1.12. The average molecular weight is 321 g/mol. The van der Waals surface area contributed by atoms with Crippen molar-refractivity contribution in [3.05, 3.63) is 27.7 Å². The lowest BCUT2D eigenvalue weighted by molar-refractivity contribution is -0.142. The van der Waals surface area contributed by atoms with Gasteiger partial charge in [0.25, 0.3) is 5.56 Å². The summed E-state index contributed by atoms with van der Waals surface area (Å²) in [6, 6.07) is 0.591. The molecule has 1 aliphatic rings. The van der Waals surface area contributed by atoms with Gasteiger partial charge in [0.05, 0.1) is 5.69 Å². The van der Waals surface area contributed by atoms with E-state index in [0.29, 0.717) is 6.42 Å². The summed E-state index contributed by atoms with van der Waals surface area (Å²) in [6.07, 6.45) is 4.07. The standard InChI is InChI=1S/C16H23N3O4/c1-10(2)7-13(16(22)23)17-14(20)9-19-15(21)8-11-5-3-4-6-12(11)18-19/h8,10,13H,3-7,9H2,1-2H3,(H,17,20)(H,22,23)/t13-/m1/s1. The fraction of sp³-hybridized carbons (Fsp3) is 0.625. The van der Waals surface area contributed by atoms with Crippen LogP contribution in [-0.2, 0) is 29.0 Å². The minimum absolute atomic E-state index is 0.140. The largest absolute Gasteiger partial charge is 0.480 e. The Bertz CT molecular complexity index is 651. The van der Waals surface area contributed by atoms with Crippen LogP contribution in [0.1, 0.15) is 44.4 Å². The van der Waals surface area contributed by atoms with E-state index in [1.165, 1.54) is 6.07 Å². The highest BCUT2D eigenvalue weighted by atomic mass is 16.4. The molecular weight excluding hydrogens is 298 g/mol. The normalized spacial score (nSPS) is 15.1. The SMILES string of the molecule is CC(C)C[C@@H](NC(=O)Cn1nc2c(cc1=O)CCCC2)C(=O)O. The van der Waals surface area contributed by atoms with Crippen LogP contribution in [0.5, 0.6) is 0 Å². The molecule has 1 amide bonds. The van der Waals surface area contributed by atoms with Crippen LogP contribution in [0.2, 0.25) is 0 Å². The number of fused-ring (bicyclic) bond motifs is 1. The summed E-state index contributed by atoms with van der Waals surface area (Å²) in [5, 5.41) is 15.9. The maximum absolute atomic E-state index is 12.1. The zero-order valence-electron chi connectivity index (χ0n) is 13.5. The van der Waals surface area contributed by atoms with Crippen molar-refractivity contribution in [1.29, 1.82) is 0 Å². The molecule has 126 valence electrons. The van der Waals surface area contributed by atoms with Crippen LogP contribution in [0.25, 0.3) is 0 Å². The van der Waals surface area contributed by atoms with Crippen molar-refractivity contribution >= 4 is 11.9 Å². The molecule has 0 radical (unpaired) electrons. The first kappa shape index (κ1) is 17.2. The molecule has 2 rings (SSSR count). The molecular formula is C16H23N3O4. The zero-order chi connectivity index (χ0) is 17.0. The molecule has 0 fully saturated rings. The van der Waals surface area contributed by atoms with Gasteiger partial charge in [-0.15, -0.1) is 0 Å². The molecule has 1 atom stereocenters. The van der Waals surface area contributed by atoms with Crippen molar-refractivity contribution in [3.63, 3.8) is 0 Å². The summed E-state index contributed by atoms with van der Waals surface area (Å²) >= 11 is 0. The first-order valence-corrected chi connectivity index (χ1v) is 7.99.